The van der Waals surface area contributed by atoms with Gasteiger partial charge in [-0.3, -0.25) is 0 Å². The summed E-state index contributed by atoms with van der Waals surface area (Å²) in [6, 6.07) is 3.26. The van der Waals surface area contributed by atoms with Crippen molar-refractivity contribution in [1.29, 1.82) is 5.26 Å². The molecule has 0 aliphatic rings. The maximum absolute atomic E-state index is 10.2. The van der Waals surface area contributed by atoms with Gasteiger partial charge in [0.05, 0.1) is 17.8 Å². The van der Waals surface area contributed by atoms with E-state index in [0.29, 0.717) is 18.5 Å². The van der Waals surface area contributed by atoms with E-state index in [9.17, 15) is 10.1 Å². The van der Waals surface area contributed by atoms with Crippen LogP contribution in [0.4, 0.5) is 5.82 Å². The molecule has 1 heterocycles. The van der Waals surface area contributed by atoms with Gasteiger partial charge in [0.1, 0.15) is 0 Å². The number of rotatable bonds is 3. The van der Waals surface area contributed by atoms with Crippen LogP contribution in [0.15, 0.2) is 6.07 Å². The molecule has 0 bridgehead atoms. The fraction of sp³-hybridized carbons (Fsp3) is 0.333. The van der Waals surface area contributed by atoms with Crippen LogP contribution in [0.5, 0.6) is 0 Å². The molecule has 0 aliphatic carbocycles. The summed E-state index contributed by atoms with van der Waals surface area (Å²) < 4.78 is 0. The van der Waals surface area contributed by atoms with Crippen LogP contribution < -0.4 is 0 Å². The average Bonchev–Trinajstić information content (AvgIpc) is 2.48. The zero-order chi connectivity index (χ0) is 8.97. The minimum atomic E-state index is -0.553. The van der Waals surface area contributed by atoms with Crippen molar-refractivity contribution in [3.63, 3.8) is 0 Å². The summed E-state index contributed by atoms with van der Waals surface area (Å²) in [5.74, 6) is -0.136. The molecule has 0 spiro atoms. The van der Waals surface area contributed by atoms with E-state index in [2.05, 4.69) is 10.2 Å². The lowest BCUT2D eigenvalue weighted by molar-refractivity contribution is -0.389. The van der Waals surface area contributed by atoms with Crippen molar-refractivity contribution in [3.8, 4) is 6.07 Å². The Balaban J connectivity index is 2.66. The molecule has 1 N–H and O–H groups in total. The largest absolute Gasteiger partial charge is 0.358 e. The topological polar surface area (TPSA) is 95.6 Å². The Bertz CT molecular complexity index is 325. The fourth-order valence-electron chi connectivity index (χ4n) is 0.757. The Kier molecular flexibility index (Phi) is 2.38. The highest BCUT2D eigenvalue weighted by Crippen LogP contribution is 2.08. The third kappa shape index (κ3) is 1.79. The number of nitriles is 1. The van der Waals surface area contributed by atoms with Gasteiger partial charge in [0.2, 0.25) is 0 Å². The normalized spacial score (nSPS) is 9.25. The summed E-state index contributed by atoms with van der Waals surface area (Å²) in [5.41, 5.74) is 0.545. The standard InChI is InChI=1S/C6H6N4O2/c7-3-1-2-5-4-6(9-8-5)10(11)12/h4H,1-2H2,(H,8,9). The molecule has 0 saturated heterocycles. The predicted octanol–water partition coefficient (Wildman–Crippen LogP) is 0.774. The molecule has 0 atom stereocenters. The first-order valence-electron chi connectivity index (χ1n) is 3.29. The van der Waals surface area contributed by atoms with Crippen molar-refractivity contribution in [3.05, 3.63) is 21.9 Å². The maximum atomic E-state index is 10.2. The van der Waals surface area contributed by atoms with E-state index in [1.807, 2.05) is 6.07 Å². The van der Waals surface area contributed by atoms with Crippen LogP contribution in [0, 0.1) is 21.4 Å². The average molecular weight is 166 g/mol. The van der Waals surface area contributed by atoms with Crippen molar-refractivity contribution in [1.82, 2.24) is 10.2 Å². The van der Waals surface area contributed by atoms with E-state index in [4.69, 9.17) is 5.26 Å². The number of aromatic amines is 1. The lowest BCUT2D eigenvalue weighted by Crippen LogP contribution is -1.86. The van der Waals surface area contributed by atoms with E-state index < -0.39 is 4.92 Å². The smallest absolute Gasteiger partial charge is 0.342 e. The maximum Gasteiger partial charge on any atom is 0.342 e. The number of H-pyrrole nitrogens is 1. The van der Waals surface area contributed by atoms with Crippen LogP contribution in [0.2, 0.25) is 0 Å². The second-order valence-corrected chi connectivity index (χ2v) is 2.16. The molecule has 0 saturated carbocycles. The summed E-state index contributed by atoms with van der Waals surface area (Å²) in [6.07, 6.45) is 0.767. The molecule has 12 heavy (non-hydrogen) atoms. The third-order valence-electron chi connectivity index (χ3n) is 1.31. The molecule has 0 aliphatic heterocycles. The molecule has 62 valence electrons. The van der Waals surface area contributed by atoms with Crippen LogP contribution >= 0.6 is 0 Å². The van der Waals surface area contributed by atoms with Gasteiger partial charge in [-0.25, -0.2) is 0 Å². The van der Waals surface area contributed by atoms with Crippen LogP contribution in [0.3, 0.4) is 0 Å². The molecule has 1 aromatic rings. The molecule has 0 fully saturated rings. The summed E-state index contributed by atoms with van der Waals surface area (Å²) in [7, 11) is 0. The monoisotopic (exact) mass is 166 g/mol. The Morgan fingerprint density at radius 1 is 1.83 bits per heavy atom. The molecule has 1 rings (SSSR count). The second-order valence-electron chi connectivity index (χ2n) is 2.16. The molecule has 0 radical (unpaired) electrons. The molecule has 0 aromatic carbocycles. The van der Waals surface area contributed by atoms with E-state index in [1.165, 1.54) is 6.07 Å². The van der Waals surface area contributed by atoms with Crippen LogP contribution in [-0.4, -0.2) is 15.1 Å². The fourth-order valence-corrected chi connectivity index (χ4v) is 0.757. The summed E-state index contributed by atoms with van der Waals surface area (Å²) >= 11 is 0. The van der Waals surface area contributed by atoms with Gasteiger partial charge in [-0.05, 0) is 4.92 Å². The van der Waals surface area contributed by atoms with Gasteiger partial charge < -0.3 is 10.1 Å². The number of aromatic nitrogens is 2. The lowest BCUT2D eigenvalue weighted by atomic mass is 10.2. The Labute approximate surface area is 68.0 Å². The molecule has 6 nitrogen and oxygen atoms in total. The van der Waals surface area contributed by atoms with E-state index >= 15 is 0 Å². The number of nitrogens with one attached hydrogen (secondary N) is 1. The van der Waals surface area contributed by atoms with E-state index in [-0.39, 0.29) is 5.82 Å². The van der Waals surface area contributed by atoms with Crippen molar-refractivity contribution in [2.75, 3.05) is 0 Å². The zero-order valence-electron chi connectivity index (χ0n) is 6.15. The Hall–Kier alpha value is -1.90. The van der Waals surface area contributed by atoms with Gasteiger partial charge in [0, 0.05) is 12.8 Å². The van der Waals surface area contributed by atoms with E-state index in [0.717, 1.165) is 0 Å². The van der Waals surface area contributed by atoms with Gasteiger partial charge >= 0.3 is 5.82 Å². The summed E-state index contributed by atoms with van der Waals surface area (Å²) in [5, 5.41) is 24.3. The van der Waals surface area contributed by atoms with Crippen LogP contribution in [0.25, 0.3) is 0 Å². The van der Waals surface area contributed by atoms with Crippen LogP contribution in [-0.2, 0) is 6.42 Å². The Morgan fingerprint density at radius 2 is 2.58 bits per heavy atom. The quantitative estimate of drug-likeness (QED) is 0.529. The predicted molar refractivity (Wildman–Crippen MR) is 39.2 cm³/mol. The molecular weight excluding hydrogens is 160 g/mol. The van der Waals surface area contributed by atoms with Crippen molar-refractivity contribution in [2.45, 2.75) is 12.8 Å². The molecule has 6 heteroatoms. The highest BCUT2D eigenvalue weighted by atomic mass is 16.6. The number of nitro groups is 1. The van der Waals surface area contributed by atoms with Gasteiger partial charge in [-0.2, -0.15) is 5.26 Å². The lowest BCUT2D eigenvalue weighted by Gasteiger charge is -1.84. The minimum Gasteiger partial charge on any atom is -0.358 e. The number of hydrogen-bond acceptors (Lipinski definition) is 4. The van der Waals surface area contributed by atoms with Crippen molar-refractivity contribution < 1.29 is 4.92 Å². The number of nitrogens with zero attached hydrogens (tertiary/aromatic N) is 3. The summed E-state index contributed by atoms with van der Waals surface area (Å²) in [6.45, 7) is 0. The van der Waals surface area contributed by atoms with Crippen LogP contribution in [0.1, 0.15) is 12.1 Å². The highest BCUT2D eigenvalue weighted by Gasteiger charge is 2.08. The molecule has 1 aromatic heterocycles. The SMILES string of the molecule is N#CCCc1cc([N+](=O)[O-])[nH]n1. The van der Waals surface area contributed by atoms with E-state index in [1.54, 1.807) is 0 Å². The first-order valence-corrected chi connectivity index (χ1v) is 3.29. The zero-order valence-corrected chi connectivity index (χ0v) is 6.15. The van der Waals surface area contributed by atoms with Gasteiger partial charge in [0.15, 0.2) is 0 Å². The van der Waals surface area contributed by atoms with Crippen molar-refractivity contribution >= 4 is 5.82 Å². The Morgan fingerprint density at radius 3 is 3.08 bits per heavy atom. The number of aryl methyl sites for hydroxylation is 1. The van der Waals surface area contributed by atoms with Gasteiger partial charge in [-0.15, -0.1) is 5.10 Å². The molecule has 0 amide bonds. The first-order chi connectivity index (χ1) is 5.74. The highest BCUT2D eigenvalue weighted by molar-refractivity contribution is 5.20. The molecular formula is C6H6N4O2. The van der Waals surface area contributed by atoms with Gasteiger partial charge in [0.25, 0.3) is 0 Å². The molecule has 0 unspecified atom stereocenters. The third-order valence-corrected chi connectivity index (χ3v) is 1.31. The van der Waals surface area contributed by atoms with Crippen molar-refractivity contribution in [2.24, 2.45) is 0 Å². The second kappa shape index (κ2) is 3.48. The first kappa shape index (κ1) is 8.20. The summed E-state index contributed by atoms with van der Waals surface area (Å²) in [4.78, 5) is 9.60. The number of hydrogen-bond donors (Lipinski definition) is 1. The van der Waals surface area contributed by atoms with Gasteiger partial charge in [-0.1, -0.05) is 5.10 Å². The minimum absolute atomic E-state index is 0.136.